The number of hydrogen-bond acceptors (Lipinski definition) is 4. The SMILES string of the molecule is CSCc1cnn(C)c1-c1ccc2c(c1)CN(C(CN)Cc1cc(F)cc(F)c1)C2=O. The number of carbonyl (C=O) groups excluding carboxylic acids is 1. The van der Waals surface area contributed by atoms with Crippen LogP contribution >= 0.6 is 11.8 Å². The van der Waals surface area contributed by atoms with Gasteiger partial charge in [0.05, 0.1) is 11.9 Å². The number of nitrogens with two attached hydrogens (primary N) is 1. The molecular weight excluding hydrogens is 418 g/mol. The molecule has 0 bridgehead atoms. The van der Waals surface area contributed by atoms with E-state index in [1.165, 1.54) is 12.1 Å². The maximum absolute atomic E-state index is 13.6. The second-order valence-electron chi connectivity index (χ2n) is 7.75. The number of hydrogen-bond donors (Lipinski definition) is 1. The number of rotatable bonds is 7. The Labute approximate surface area is 184 Å². The number of carbonyl (C=O) groups is 1. The molecule has 1 aliphatic heterocycles. The normalized spacial score (nSPS) is 14.2. The number of thioether (sulfide) groups is 1. The Morgan fingerprint density at radius 2 is 1.94 bits per heavy atom. The monoisotopic (exact) mass is 442 g/mol. The largest absolute Gasteiger partial charge is 0.330 e. The third kappa shape index (κ3) is 4.22. The van der Waals surface area contributed by atoms with Crippen LogP contribution in [0.5, 0.6) is 0 Å². The van der Waals surface area contributed by atoms with Crippen molar-refractivity contribution in [3.63, 3.8) is 0 Å². The third-order valence-corrected chi connectivity index (χ3v) is 6.23. The molecule has 0 saturated carbocycles. The predicted molar refractivity (Wildman–Crippen MR) is 119 cm³/mol. The summed E-state index contributed by atoms with van der Waals surface area (Å²) in [5.74, 6) is -0.527. The van der Waals surface area contributed by atoms with E-state index >= 15 is 0 Å². The number of fused-ring (bicyclic) bond motifs is 1. The summed E-state index contributed by atoms with van der Waals surface area (Å²) in [6.45, 7) is 0.613. The van der Waals surface area contributed by atoms with Gasteiger partial charge in [-0.3, -0.25) is 9.48 Å². The molecule has 1 atom stereocenters. The molecule has 2 N–H and O–H groups in total. The highest BCUT2D eigenvalue weighted by molar-refractivity contribution is 7.97. The Hall–Kier alpha value is -2.71. The first-order valence-corrected chi connectivity index (χ1v) is 11.4. The lowest BCUT2D eigenvalue weighted by atomic mass is 10.0. The molecule has 5 nitrogen and oxygen atoms in total. The van der Waals surface area contributed by atoms with Gasteiger partial charge in [-0.1, -0.05) is 6.07 Å². The summed E-state index contributed by atoms with van der Waals surface area (Å²) in [4.78, 5) is 14.8. The van der Waals surface area contributed by atoms with Crippen molar-refractivity contribution in [3.8, 4) is 11.3 Å². The highest BCUT2D eigenvalue weighted by Gasteiger charge is 2.32. The van der Waals surface area contributed by atoms with E-state index in [-0.39, 0.29) is 24.9 Å². The quantitative estimate of drug-likeness (QED) is 0.605. The summed E-state index contributed by atoms with van der Waals surface area (Å²) in [6.07, 6.45) is 4.21. The minimum absolute atomic E-state index is 0.108. The maximum atomic E-state index is 13.6. The second-order valence-corrected chi connectivity index (χ2v) is 8.62. The Balaban J connectivity index is 1.61. The van der Waals surface area contributed by atoms with Gasteiger partial charge < -0.3 is 10.6 Å². The zero-order valence-corrected chi connectivity index (χ0v) is 18.3. The number of amides is 1. The van der Waals surface area contributed by atoms with Crippen LogP contribution in [0.1, 0.15) is 27.0 Å². The molecule has 8 heteroatoms. The fourth-order valence-corrected chi connectivity index (χ4v) is 4.75. The molecule has 1 unspecified atom stereocenters. The lowest BCUT2D eigenvalue weighted by Gasteiger charge is -2.26. The Kier molecular flexibility index (Phi) is 6.11. The Morgan fingerprint density at radius 3 is 2.61 bits per heavy atom. The van der Waals surface area contributed by atoms with Crippen molar-refractivity contribution in [3.05, 3.63) is 76.5 Å². The lowest BCUT2D eigenvalue weighted by molar-refractivity contribution is 0.0708. The van der Waals surface area contributed by atoms with Crippen LogP contribution in [0.4, 0.5) is 8.78 Å². The molecule has 2 aromatic carbocycles. The molecule has 0 aliphatic carbocycles. The lowest BCUT2D eigenvalue weighted by Crippen LogP contribution is -2.42. The van der Waals surface area contributed by atoms with E-state index in [4.69, 9.17) is 5.73 Å². The average molecular weight is 443 g/mol. The maximum Gasteiger partial charge on any atom is 0.254 e. The number of halogens is 2. The van der Waals surface area contributed by atoms with Crippen LogP contribution < -0.4 is 5.73 Å². The molecule has 162 valence electrons. The van der Waals surface area contributed by atoms with Gasteiger partial charge in [-0.25, -0.2) is 8.78 Å². The van der Waals surface area contributed by atoms with Crippen molar-refractivity contribution in [2.45, 2.75) is 24.8 Å². The van der Waals surface area contributed by atoms with Crippen LogP contribution in [0.3, 0.4) is 0 Å². The number of benzene rings is 2. The van der Waals surface area contributed by atoms with E-state index < -0.39 is 11.6 Å². The van der Waals surface area contributed by atoms with Crippen LogP contribution in [0.2, 0.25) is 0 Å². The topological polar surface area (TPSA) is 64.2 Å². The first kappa shape index (κ1) is 21.5. The fourth-order valence-electron chi connectivity index (χ4n) is 4.22. The molecule has 0 saturated heterocycles. The van der Waals surface area contributed by atoms with Gasteiger partial charge in [-0.15, -0.1) is 0 Å². The first-order valence-electron chi connectivity index (χ1n) is 10.0. The van der Waals surface area contributed by atoms with Gasteiger partial charge in [0.25, 0.3) is 5.91 Å². The summed E-state index contributed by atoms with van der Waals surface area (Å²) in [5, 5.41) is 4.39. The van der Waals surface area contributed by atoms with Gasteiger partial charge in [-0.2, -0.15) is 16.9 Å². The molecule has 3 aromatic rings. The van der Waals surface area contributed by atoms with Crippen molar-refractivity contribution in [1.82, 2.24) is 14.7 Å². The zero-order chi connectivity index (χ0) is 22.1. The van der Waals surface area contributed by atoms with E-state index in [0.29, 0.717) is 17.7 Å². The molecule has 1 aliphatic rings. The molecule has 31 heavy (non-hydrogen) atoms. The van der Waals surface area contributed by atoms with Gasteiger partial charge in [0.15, 0.2) is 0 Å². The predicted octanol–water partition coefficient (Wildman–Crippen LogP) is 3.75. The number of aryl methyl sites for hydroxylation is 1. The number of nitrogens with zero attached hydrogens (tertiary/aromatic N) is 3. The van der Waals surface area contributed by atoms with Gasteiger partial charge in [0.2, 0.25) is 0 Å². The van der Waals surface area contributed by atoms with Crippen molar-refractivity contribution >= 4 is 17.7 Å². The molecule has 1 amide bonds. The summed E-state index contributed by atoms with van der Waals surface area (Å²) in [7, 11) is 1.91. The number of aromatic nitrogens is 2. The molecule has 0 spiro atoms. The highest BCUT2D eigenvalue weighted by Crippen LogP contribution is 2.32. The minimum Gasteiger partial charge on any atom is -0.330 e. The van der Waals surface area contributed by atoms with Gasteiger partial charge in [0, 0.05) is 54.7 Å². The summed E-state index contributed by atoms with van der Waals surface area (Å²) in [6, 6.07) is 8.87. The van der Waals surface area contributed by atoms with Crippen molar-refractivity contribution in [2.75, 3.05) is 12.8 Å². The van der Waals surface area contributed by atoms with Crippen LogP contribution in [-0.2, 0) is 25.8 Å². The molecule has 4 rings (SSSR count). The average Bonchev–Trinajstić information content (AvgIpc) is 3.25. The fraction of sp³-hybridized carbons (Fsp3) is 0.304. The van der Waals surface area contributed by atoms with E-state index in [1.807, 2.05) is 42.4 Å². The smallest absolute Gasteiger partial charge is 0.254 e. The Morgan fingerprint density at radius 1 is 1.19 bits per heavy atom. The summed E-state index contributed by atoms with van der Waals surface area (Å²) in [5.41, 5.74) is 11.2. The standard InChI is InChI=1S/C23H24F2N4OS/c1-28-22(17(11-27-28)13-31-2)15-3-4-21-16(8-15)12-29(23(21)30)20(10-26)7-14-5-18(24)9-19(25)6-14/h3-6,8-9,11,20H,7,10,12-13,26H2,1-2H3. The van der Waals surface area contributed by atoms with E-state index in [0.717, 1.165) is 34.2 Å². The van der Waals surface area contributed by atoms with Crippen LogP contribution in [0, 0.1) is 11.6 Å². The van der Waals surface area contributed by atoms with Gasteiger partial charge >= 0.3 is 0 Å². The van der Waals surface area contributed by atoms with E-state index in [1.54, 1.807) is 16.7 Å². The molecule has 1 aromatic heterocycles. The summed E-state index contributed by atoms with van der Waals surface area (Å²) >= 11 is 1.73. The van der Waals surface area contributed by atoms with Crippen LogP contribution in [0.25, 0.3) is 11.3 Å². The van der Waals surface area contributed by atoms with E-state index in [9.17, 15) is 13.6 Å². The van der Waals surface area contributed by atoms with Crippen LogP contribution in [-0.4, -0.2) is 39.4 Å². The van der Waals surface area contributed by atoms with Crippen molar-refractivity contribution < 1.29 is 13.6 Å². The first-order chi connectivity index (χ1) is 14.9. The second kappa shape index (κ2) is 8.80. The summed E-state index contributed by atoms with van der Waals surface area (Å²) < 4.78 is 29.0. The molecule has 0 radical (unpaired) electrons. The minimum atomic E-state index is -0.635. The van der Waals surface area contributed by atoms with Crippen molar-refractivity contribution in [1.29, 1.82) is 0 Å². The van der Waals surface area contributed by atoms with E-state index in [2.05, 4.69) is 5.10 Å². The Bertz CT molecular complexity index is 1110. The van der Waals surface area contributed by atoms with Gasteiger partial charge in [0.1, 0.15) is 11.6 Å². The third-order valence-electron chi connectivity index (χ3n) is 5.63. The van der Waals surface area contributed by atoms with Crippen LogP contribution in [0.15, 0.2) is 42.6 Å². The van der Waals surface area contributed by atoms with Crippen molar-refractivity contribution in [2.24, 2.45) is 12.8 Å². The van der Waals surface area contributed by atoms with Gasteiger partial charge in [-0.05, 0) is 48.1 Å². The zero-order valence-electron chi connectivity index (χ0n) is 17.4. The molecule has 0 fully saturated rings. The highest BCUT2D eigenvalue weighted by atomic mass is 32.2. The molecular formula is C23H24F2N4OS. The molecule has 2 heterocycles.